The van der Waals surface area contributed by atoms with Crippen LogP contribution in [0.15, 0.2) is 109 Å². The third-order valence-electron chi connectivity index (χ3n) is 11.4. The molecule has 3 N–H and O–H groups in total. The summed E-state index contributed by atoms with van der Waals surface area (Å²) in [4.78, 5) is 35.0. The number of carbonyl (C=O) groups excluding carboxylic acids is 2. The molecule has 0 aromatic rings. The molecule has 0 rings (SSSR count). The highest BCUT2D eigenvalue weighted by atomic mass is 31.2. The molecular formula is C60H102NO8P. The number of carbonyl (C=O) groups is 2. The first-order valence-electron chi connectivity index (χ1n) is 27.9. The van der Waals surface area contributed by atoms with Crippen molar-refractivity contribution in [3.8, 4) is 0 Å². The Balaban J connectivity index is 3.97. The topological polar surface area (TPSA) is 134 Å². The first-order chi connectivity index (χ1) is 34.3. The van der Waals surface area contributed by atoms with E-state index in [0.29, 0.717) is 6.42 Å². The standard InChI is InChI=1S/C60H102NO8P/c1-3-5-7-9-11-13-15-17-18-19-20-21-22-23-24-25-26-27-28-29-30-31-32-33-34-35-36-37-38-39-40-41-43-45-47-49-51-53-60(63)69-58(57-68-70(64,65)67-55-54-61)56-66-59(62)52-50-48-46-44-42-16-14-12-10-8-6-4-2/h5,7,11,13,17-18,20-21,23-24,26-27,29-30,32-33,35-36,58H,3-4,6,8-10,12,14-16,19,22,25,28,31,34,37-57,61H2,1-2H3,(H,64,65)/b7-5-,13-11-,18-17-,21-20-,24-23-,27-26-,30-29-,33-32-,36-35-. The minimum Gasteiger partial charge on any atom is -0.462 e. The van der Waals surface area contributed by atoms with Gasteiger partial charge in [0.2, 0.25) is 0 Å². The van der Waals surface area contributed by atoms with Crippen LogP contribution in [0.4, 0.5) is 0 Å². The molecule has 10 heteroatoms. The van der Waals surface area contributed by atoms with Crippen molar-refractivity contribution in [1.82, 2.24) is 0 Å². The van der Waals surface area contributed by atoms with Gasteiger partial charge in [0.05, 0.1) is 13.2 Å². The van der Waals surface area contributed by atoms with Crippen molar-refractivity contribution in [2.24, 2.45) is 5.73 Å². The fraction of sp³-hybridized carbons (Fsp3) is 0.667. The van der Waals surface area contributed by atoms with Gasteiger partial charge in [-0.3, -0.25) is 18.6 Å². The summed E-state index contributed by atoms with van der Waals surface area (Å²) in [6.07, 6.45) is 74.3. The Bertz CT molecular complexity index is 1510. The van der Waals surface area contributed by atoms with Crippen LogP contribution in [0.2, 0.25) is 0 Å². The molecule has 0 aliphatic carbocycles. The highest BCUT2D eigenvalue weighted by Gasteiger charge is 2.26. The number of phosphoric ester groups is 1. The maximum atomic E-state index is 12.7. The molecule has 0 heterocycles. The van der Waals surface area contributed by atoms with Crippen LogP contribution in [0.25, 0.3) is 0 Å². The lowest BCUT2D eigenvalue weighted by Crippen LogP contribution is -2.29. The third-order valence-corrected chi connectivity index (χ3v) is 12.4. The summed E-state index contributed by atoms with van der Waals surface area (Å²) in [7, 11) is -4.39. The van der Waals surface area contributed by atoms with E-state index in [1.54, 1.807) is 0 Å². The molecule has 0 spiro atoms. The normalized spacial score (nSPS) is 13.9. The second-order valence-electron chi connectivity index (χ2n) is 18.1. The van der Waals surface area contributed by atoms with Crippen LogP contribution in [0.1, 0.15) is 226 Å². The molecule has 0 aromatic carbocycles. The Morgan fingerprint density at radius 3 is 1.17 bits per heavy atom. The molecule has 70 heavy (non-hydrogen) atoms. The zero-order chi connectivity index (χ0) is 51.0. The van der Waals surface area contributed by atoms with E-state index in [1.165, 1.54) is 89.9 Å². The molecule has 0 aliphatic heterocycles. The number of unbranched alkanes of at least 4 members (excludes halogenated alkanes) is 20. The summed E-state index contributed by atoms with van der Waals surface area (Å²) in [6.45, 7) is 3.61. The van der Waals surface area contributed by atoms with Crippen LogP contribution in [0.5, 0.6) is 0 Å². The van der Waals surface area contributed by atoms with E-state index in [2.05, 4.69) is 123 Å². The predicted octanol–water partition coefficient (Wildman–Crippen LogP) is 17.5. The van der Waals surface area contributed by atoms with Crippen LogP contribution < -0.4 is 5.73 Å². The third kappa shape index (κ3) is 54.0. The quantitative estimate of drug-likeness (QED) is 0.0264. The lowest BCUT2D eigenvalue weighted by molar-refractivity contribution is -0.161. The van der Waals surface area contributed by atoms with Gasteiger partial charge in [-0.05, 0) is 83.5 Å². The molecule has 0 bridgehead atoms. The van der Waals surface area contributed by atoms with Gasteiger partial charge in [-0.15, -0.1) is 0 Å². The predicted molar refractivity (Wildman–Crippen MR) is 298 cm³/mol. The second-order valence-corrected chi connectivity index (χ2v) is 19.5. The van der Waals surface area contributed by atoms with Crippen molar-refractivity contribution in [3.05, 3.63) is 109 Å². The Morgan fingerprint density at radius 2 is 0.786 bits per heavy atom. The fourth-order valence-corrected chi connectivity index (χ4v) is 8.10. The smallest absolute Gasteiger partial charge is 0.462 e. The average Bonchev–Trinajstić information content (AvgIpc) is 3.35. The Morgan fingerprint density at radius 1 is 0.443 bits per heavy atom. The number of esters is 2. The van der Waals surface area contributed by atoms with Crippen molar-refractivity contribution in [2.45, 2.75) is 232 Å². The summed E-state index contributed by atoms with van der Waals surface area (Å²) < 4.78 is 32.9. The number of rotatable bonds is 51. The molecule has 9 nitrogen and oxygen atoms in total. The van der Waals surface area contributed by atoms with Crippen LogP contribution >= 0.6 is 7.82 Å². The maximum Gasteiger partial charge on any atom is 0.472 e. The lowest BCUT2D eigenvalue weighted by Gasteiger charge is -2.19. The highest BCUT2D eigenvalue weighted by molar-refractivity contribution is 7.47. The van der Waals surface area contributed by atoms with Crippen molar-refractivity contribution in [3.63, 3.8) is 0 Å². The van der Waals surface area contributed by atoms with Gasteiger partial charge < -0.3 is 20.1 Å². The molecule has 0 aliphatic rings. The van der Waals surface area contributed by atoms with Crippen LogP contribution in [0, 0.1) is 0 Å². The second kappa shape index (κ2) is 55.0. The molecule has 0 aromatic heterocycles. The van der Waals surface area contributed by atoms with E-state index in [9.17, 15) is 19.0 Å². The number of phosphoric acid groups is 1. The molecule has 2 atom stereocenters. The van der Waals surface area contributed by atoms with E-state index in [0.717, 1.165) is 103 Å². The zero-order valence-corrected chi connectivity index (χ0v) is 45.4. The molecule has 0 amide bonds. The number of hydrogen-bond donors (Lipinski definition) is 2. The van der Waals surface area contributed by atoms with Gasteiger partial charge in [-0.25, -0.2) is 4.57 Å². The van der Waals surface area contributed by atoms with Gasteiger partial charge in [0.25, 0.3) is 0 Å². The summed E-state index contributed by atoms with van der Waals surface area (Å²) in [5.74, 6) is -0.838. The molecule has 0 radical (unpaired) electrons. The van der Waals surface area contributed by atoms with Gasteiger partial charge >= 0.3 is 19.8 Å². The number of nitrogens with two attached hydrogens (primary N) is 1. The summed E-state index contributed by atoms with van der Waals surface area (Å²) in [5, 5.41) is 0. The molecule has 0 saturated heterocycles. The van der Waals surface area contributed by atoms with Crippen LogP contribution in [0.3, 0.4) is 0 Å². The van der Waals surface area contributed by atoms with E-state index in [-0.39, 0.29) is 38.6 Å². The summed E-state index contributed by atoms with van der Waals surface area (Å²) in [6, 6.07) is 0. The highest BCUT2D eigenvalue weighted by Crippen LogP contribution is 2.43. The minimum absolute atomic E-state index is 0.0488. The minimum atomic E-state index is -4.39. The van der Waals surface area contributed by atoms with Crippen molar-refractivity contribution in [2.75, 3.05) is 26.4 Å². The first kappa shape index (κ1) is 66.7. The molecule has 2 unspecified atom stereocenters. The molecular weight excluding hydrogens is 894 g/mol. The van der Waals surface area contributed by atoms with Crippen molar-refractivity contribution in [1.29, 1.82) is 0 Å². The van der Waals surface area contributed by atoms with Crippen LogP contribution in [-0.4, -0.2) is 49.3 Å². The van der Waals surface area contributed by atoms with Crippen molar-refractivity contribution >= 4 is 19.8 Å². The van der Waals surface area contributed by atoms with E-state index < -0.39 is 26.5 Å². The molecule has 0 fully saturated rings. The monoisotopic (exact) mass is 996 g/mol. The van der Waals surface area contributed by atoms with Gasteiger partial charge in [-0.2, -0.15) is 0 Å². The molecule has 0 saturated carbocycles. The van der Waals surface area contributed by atoms with E-state index in [1.807, 2.05) is 0 Å². The van der Waals surface area contributed by atoms with Gasteiger partial charge in [0.15, 0.2) is 6.10 Å². The Hall–Kier alpha value is -3.33. The van der Waals surface area contributed by atoms with Gasteiger partial charge in [0, 0.05) is 19.4 Å². The Kier molecular flexibility index (Phi) is 52.4. The summed E-state index contributed by atoms with van der Waals surface area (Å²) >= 11 is 0. The number of ether oxygens (including phenoxy) is 2. The van der Waals surface area contributed by atoms with Gasteiger partial charge in [0.1, 0.15) is 6.61 Å². The van der Waals surface area contributed by atoms with E-state index >= 15 is 0 Å². The van der Waals surface area contributed by atoms with Gasteiger partial charge in [-0.1, -0.05) is 239 Å². The average molecular weight is 996 g/mol. The van der Waals surface area contributed by atoms with Crippen molar-refractivity contribution < 1.29 is 37.6 Å². The number of allylic oxidation sites excluding steroid dienone is 18. The maximum absolute atomic E-state index is 12.7. The summed E-state index contributed by atoms with van der Waals surface area (Å²) in [5.41, 5.74) is 5.37. The van der Waals surface area contributed by atoms with Crippen LogP contribution in [-0.2, 0) is 32.7 Å². The zero-order valence-electron chi connectivity index (χ0n) is 44.5. The van der Waals surface area contributed by atoms with E-state index in [4.69, 9.17) is 24.3 Å². The fourth-order valence-electron chi connectivity index (χ4n) is 7.33. The SMILES string of the molecule is CC/C=C\C/C=C\C/C=C\C/C=C\C/C=C\C/C=C\C/C=C\C/C=C\C/C=C\CCCCCCCCCCCC(=O)OC(COC(=O)CCCCCCCCCCCCCC)COP(=O)(O)OCCN. The lowest BCUT2D eigenvalue weighted by atomic mass is 10.0. The number of hydrogen-bond acceptors (Lipinski definition) is 8. The Labute approximate surface area is 429 Å². The molecule has 400 valence electrons. The largest absolute Gasteiger partial charge is 0.472 e. The first-order valence-corrected chi connectivity index (χ1v) is 29.4.